The second-order valence-corrected chi connectivity index (χ2v) is 4.66. The Morgan fingerprint density at radius 2 is 1.82 bits per heavy atom. The van der Waals surface area contributed by atoms with Crippen molar-refractivity contribution in [1.82, 2.24) is 4.98 Å². The predicted octanol–water partition coefficient (Wildman–Crippen LogP) is 3.70. The average Bonchev–Trinajstić information content (AvgIpc) is 2.27. The molecule has 1 aromatic carbocycles. The summed E-state index contributed by atoms with van der Waals surface area (Å²) in [5.74, 6) is 0.600. The molecule has 0 aliphatic carbocycles. The molecular formula is C14H19ClN2. The number of para-hydroxylation sites is 1. The molecule has 1 heterocycles. The van der Waals surface area contributed by atoms with Crippen LogP contribution in [0, 0.1) is 5.92 Å². The van der Waals surface area contributed by atoms with Gasteiger partial charge < -0.3 is 5.73 Å². The Morgan fingerprint density at radius 3 is 2.53 bits per heavy atom. The summed E-state index contributed by atoms with van der Waals surface area (Å²) in [6.07, 6.45) is 0.978. The van der Waals surface area contributed by atoms with Crippen molar-refractivity contribution in [2.45, 2.75) is 26.3 Å². The number of aromatic nitrogens is 1. The molecule has 0 bridgehead atoms. The van der Waals surface area contributed by atoms with Crippen LogP contribution in [-0.4, -0.2) is 4.98 Å². The Bertz CT molecular complexity index is 482. The first-order chi connectivity index (χ1) is 7.66. The van der Waals surface area contributed by atoms with Crippen molar-refractivity contribution in [3.05, 3.63) is 42.1 Å². The quantitative estimate of drug-likeness (QED) is 0.902. The number of pyridine rings is 1. The van der Waals surface area contributed by atoms with Gasteiger partial charge in [0, 0.05) is 11.4 Å². The van der Waals surface area contributed by atoms with Crippen LogP contribution in [-0.2, 0) is 0 Å². The molecule has 1 atom stereocenters. The second kappa shape index (κ2) is 5.99. The van der Waals surface area contributed by atoms with Gasteiger partial charge in [-0.1, -0.05) is 38.1 Å². The standard InChI is InChI=1S/C14H18N2.ClH/c1-10(2)9-12(15)14-8-7-11-5-3-4-6-13(11)16-14;/h3-8,10,12H,9,15H2,1-2H3;1H/t12-;/m1./s1. The van der Waals surface area contributed by atoms with Crippen LogP contribution < -0.4 is 5.73 Å². The molecule has 0 spiro atoms. The van der Waals surface area contributed by atoms with Crippen LogP contribution in [0.3, 0.4) is 0 Å². The van der Waals surface area contributed by atoms with Crippen LogP contribution in [0.2, 0.25) is 0 Å². The summed E-state index contributed by atoms with van der Waals surface area (Å²) in [7, 11) is 0. The Morgan fingerprint density at radius 1 is 1.12 bits per heavy atom. The molecule has 2 N–H and O–H groups in total. The van der Waals surface area contributed by atoms with Gasteiger partial charge in [0.2, 0.25) is 0 Å². The number of hydrogen-bond acceptors (Lipinski definition) is 2. The van der Waals surface area contributed by atoms with E-state index in [9.17, 15) is 0 Å². The summed E-state index contributed by atoms with van der Waals surface area (Å²) < 4.78 is 0. The molecule has 0 radical (unpaired) electrons. The van der Waals surface area contributed by atoms with Gasteiger partial charge in [0.25, 0.3) is 0 Å². The smallest absolute Gasteiger partial charge is 0.0706 e. The molecule has 0 aliphatic rings. The lowest BCUT2D eigenvalue weighted by molar-refractivity contribution is 0.503. The third-order valence-electron chi connectivity index (χ3n) is 2.73. The molecule has 0 amide bonds. The number of benzene rings is 1. The van der Waals surface area contributed by atoms with Gasteiger partial charge in [-0.15, -0.1) is 12.4 Å². The van der Waals surface area contributed by atoms with Crippen molar-refractivity contribution in [2.24, 2.45) is 11.7 Å². The normalized spacial score (nSPS) is 12.5. The first-order valence-electron chi connectivity index (χ1n) is 5.78. The molecule has 0 saturated heterocycles. The van der Waals surface area contributed by atoms with Crippen molar-refractivity contribution >= 4 is 23.3 Å². The van der Waals surface area contributed by atoms with Crippen molar-refractivity contribution < 1.29 is 0 Å². The Labute approximate surface area is 109 Å². The average molecular weight is 251 g/mol. The third kappa shape index (κ3) is 3.42. The first-order valence-corrected chi connectivity index (χ1v) is 5.78. The number of nitrogens with zero attached hydrogens (tertiary/aromatic N) is 1. The summed E-state index contributed by atoms with van der Waals surface area (Å²) in [5.41, 5.74) is 8.14. The summed E-state index contributed by atoms with van der Waals surface area (Å²) in [6.45, 7) is 4.36. The molecule has 2 nitrogen and oxygen atoms in total. The SMILES string of the molecule is CC(C)C[C@@H](N)c1ccc2ccccc2n1.Cl. The van der Waals surface area contributed by atoms with E-state index in [0.717, 1.165) is 17.6 Å². The van der Waals surface area contributed by atoms with Gasteiger partial charge in [-0.2, -0.15) is 0 Å². The van der Waals surface area contributed by atoms with E-state index in [2.05, 4.69) is 31.0 Å². The lowest BCUT2D eigenvalue weighted by atomic mass is 10.0. The maximum Gasteiger partial charge on any atom is 0.0706 e. The third-order valence-corrected chi connectivity index (χ3v) is 2.73. The second-order valence-electron chi connectivity index (χ2n) is 4.66. The molecule has 17 heavy (non-hydrogen) atoms. The Balaban J connectivity index is 0.00000144. The molecule has 0 saturated carbocycles. The lowest BCUT2D eigenvalue weighted by Gasteiger charge is -2.13. The van der Waals surface area contributed by atoms with E-state index in [0.29, 0.717) is 5.92 Å². The number of halogens is 1. The van der Waals surface area contributed by atoms with E-state index >= 15 is 0 Å². The van der Waals surface area contributed by atoms with Crippen LogP contribution in [0.25, 0.3) is 10.9 Å². The van der Waals surface area contributed by atoms with Crippen LogP contribution >= 0.6 is 12.4 Å². The number of hydrogen-bond donors (Lipinski definition) is 1. The highest BCUT2D eigenvalue weighted by molar-refractivity contribution is 5.85. The molecule has 0 unspecified atom stereocenters. The zero-order valence-electron chi connectivity index (χ0n) is 10.3. The molecular weight excluding hydrogens is 232 g/mol. The molecule has 2 aromatic rings. The van der Waals surface area contributed by atoms with E-state index in [4.69, 9.17) is 5.73 Å². The summed E-state index contributed by atoms with van der Waals surface area (Å²) in [6, 6.07) is 12.3. The van der Waals surface area contributed by atoms with Gasteiger partial charge in [0.05, 0.1) is 11.2 Å². The Hall–Kier alpha value is -1.12. The van der Waals surface area contributed by atoms with Gasteiger partial charge in [0.1, 0.15) is 0 Å². The fourth-order valence-electron chi connectivity index (χ4n) is 1.92. The fourth-order valence-corrected chi connectivity index (χ4v) is 1.92. The van der Waals surface area contributed by atoms with Gasteiger partial charge in [-0.3, -0.25) is 4.98 Å². The van der Waals surface area contributed by atoms with E-state index in [1.165, 1.54) is 5.39 Å². The van der Waals surface area contributed by atoms with Gasteiger partial charge >= 0.3 is 0 Å². The molecule has 92 valence electrons. The Kier molecular flexibility index (Phi) is 4.91. The minimum absolute atomic E-state index is 0. The van der Waals surface area contributed by atoms with Crippen molar-refractivity contribution in [3.63, 3.8) is 0 Å². The zero-order valence-corrected chi connectivity index (χ0v) is 11.1. The van der Waals surface area contributed by atoms with E-state index in [1.807, 2.05) is 24.3 Å². The van der Waals surface area contributed by atoms with Crippen molar-refractivity contribution in [3.8, 4) is 0 Å². The maximum atomic E-state index is 6.12. The molecule has 0 fully saturated rings. The fraction of sp³-hybridized carbons (Fsp3) is 0.357. The van der Waals surface area contributed by atoms with Gasteiger partial charge in [-0.25, -0.2) is 0 Å². The zero-order chi connectivity index (χ0) is 11.5. The van der Waals surface area contributed by atoms with E-state index in [-0.39, 0.29) is 18.4 Å². The largest absolute Gasteiger partial charge is 0.323 e. The summed E-state index contributed by atoms with van der Waals surface area (Å²) in [5, 5.41) is 1.17. The van der Waals surface area contributed by atoms with E-state index < -0.39 is 0 Å². The predicted molar refractivity (Wildman–Crippen MR) is 75.4 cm³/mol. The highest BCUT2D eigenvalue weighted by Crippen LogP contribution is 2.19. The van der Waals surface area contributed by atoms with Crippen molar-refractivity contribution in [2.75, 3.05) is 0 Å². The van der Waals surface area contributed by atoms with Crippen LogP contribution in [0.1, 0.15) is 32.0 Å². The topological polar surface area (TPSA) is 38.9 Å². The van der Waals surface area contributed by atoms with E-state index in [1.54, 1.807) is 0 Å². The van der Waals surface area contributed by atoms with Crippen LogP contribution in [0.5, 0.6) is 0 Å². The molecule has 3 heteroatoms. The van der Waals surface area contributed by atoms with Gasteiger partial charge in [0.15, 0.2) is 0 Å². The molecule has 1 aromatic heterocycles. The lowest BCUT2D eigenvalue weighted by Crippen LogP contribution is -2.14. The summed E-state index contributed by atoms with van der Waals surface area (Å²) >= 11 is 0. The minimum Gasteiger partial charge on any atom is -0.323 e. The number of fused-ring (bicyclic) bond motifs is 1. The minimum atomic E-state index is 0. The van der Waals surface area contributed by atoms with Crippen molar-refractivity contribution in [1.29, 1.82) is 0 Å². The highest BCUT2D eigenvalue weighted by atomic mass is 35.5. The first kappa shape index (κ1) is 13.9. The number of rotatable bonds is 3. The molecule has 2 rings (SSSR count). The van der Waals surface area contributed by atoms with Crippen LogP contribution in [0.15, 0.2) is 36.4 Å². The number of nitrogens with two attached hydrogens (primary N) is 1. The molecule has 0 aliphatic heterocycles. The monoisotopic (exact) mass is 250 g/mol. The maximum absolute atomic E-state index is 6.12. The highest BCUT2D eigenvalue weighted by Gasteiger charge is 2.09. The van der Waals surface area contributed by atoms with Crippen LogP contribution in [0.4, 0.5) is 0 Å². The van der Waals surface area contributed by atoms with Gasteiger partial charge in [-0.05, 0) is 24.5 Å². The summed E-state index contributed by atoms with van der Waals surface area (Å²) in [4.78, 5) is 4.60.